The van der Waals surface area contributed by atoms with Gasteiger partial charge in [0.15, 0.2) is 5.16 Å². The number of thioether (sulfide) groups is 1. The summed E-state index contributed by atoms with van der Waals surface area (Å²) in [7, 11) is 0. The number of hydrogen-bond donors (Lipinski definition) is 0. The lowest BCUT2D eigenvalue weighted by molar-refractivity contribution is -0.0379. The monoisotopic (exact) mass is 462 g/mol. The van der Waals surface area contributed by atoms with Crippen molar-refractivity contribution in [2.45, 2.75) is 51.0 Å². The predicted octanol–water partition coefficient (Wildman–Crippen LogP) is 5.94. The number of nitrogens with zero attached hydrogens (tertiary/aromatic N) is 2. The van der Waals surface area contributed by atoms with E-state index in [1.807, 2.05) is 30.3 Å². The average molecular weight is 463 g/mol. The number of fused-ring (bicyclic) bond motifs is 3. The van der Waals surface area contributed by atoms with Crippen molar-refractivity contribution in [3.8, 4) is 5.69 Å². The third-order valence-corrected chi connectivity index (χ3v) is 7.87. The van der Waals surface area contributed by atoms with Crippen molar-refractivity contribution < 1.29 is 4.74 Å². The Labute approximate surface area is 196 Å². The SMILES string of the molecule is Cc1ccc(-n2c(SCCc3ccccc3)nc3sc4c(c3c2=O)CC(C)(C)OC4)cc1. The molecule has 0 amide bonds. The highest BCUT2D eigenvalue weighted by molar-refractivity contribution is 7.99. The van der Waals surface area contributed by atoms with Crippen LogP contribution in [0.4, 0.5) is 0 Å². The number of ether oxygens (including phenoxy) is 1. The zero-order chi connectivity index (χ0) is 22.3. The van der Waals surface area contributed by atoms with Crippen molar-refractivity contribution in [1.29, 1.82) is 0 Å². The van der Waals surface area contributed by atoms with Crippen molar-refractivity contribution in [3.63, 3.8) is 0 Å². The molecular weight excluding hydrogens is 436 g/mol. The van der Waals surface area contributed by atoms with E-state index in [-0.39, 0.29) is 11.2 Å². The first-order chi connectivity index (χ1) is 15.4. The van der Waals surface area contributed by atoms with Gasteiger partial charge in [0.25, 0.3) is 5.56 Å². The van der Waals surface area contributed by atoms with Gasteiger partial charge in [0, 0.05) is 17.1 Å². The molecule has 0 N–H and O–H groups in total. The Hall–Kier alpha value is -2.41. The van der Waals surface area contributed by atoms with E-state index >= 15 is 0 Å². The van der Waals surface area contributed by atoms with E-state index in [4.69, 9.17) is 9.72 Å². The van der Waals surface area contributed by atoms with Gasteiger partial charge in [0.1, 0.15) is 4.83 Å². The number of aryl methyl sites for hydroxylation is 2. The molecule has 0 saturated carbocycles. The first-order valence-corrected chi connectivity index (χ1v) is 12.7. The lowest BCUT2D eigenvalue weighted by Crippen LogP contribution is -2.32. The van der Waals surface area contributed by atoms with Crippen LogP contribution in [0.25, 0.3) is 15.9 Å². The predicted molar refractivity (Wildman–Crippen MR) is 133 cm³/mol. The zero-order valence-electron chi connectivity index (χ0n) is 18.6. The molecule has 164 valence electrons. The third-order valence-electron chi connectivity index (χ3n) is 5.83. The van der Waals surface area contributed by atoms with Crippen molar-refractivity contribution in [3.05, 3.63) is 86.5 Å². The number of rotatable bonds is 5. The summed E-state index contributed by atoms with van der Waals surface area (Å²) in [5.41, 5.74) is 4.18. The fourth-order valence-corrected chi connectivity index (χ4v) is 6.24. The van der Waals surface area contributed by atoms with E-state index < -0.39 is 0 Å². The highest BCUT2D eigenvalue weighted by atomic mass is 32.2. The summed E-state index contributed by atoms with van der Waals surface area (Å²) >= 11 is 3.25. The van der Waals surface area contributed by atoms with E-state index in [0.717, 1.165) is 50.1 Å². The van der Waals surface area contributed by atoms with Crippen molar-refractivity contribution >= 4 is 33.3 Å². The summed E-state index contributed by atoms with van der Waals surface area (Å²) in [5.74, 6) is 0.856. The molecule has 2 aromatic heterocycles. The molecule has 0 radical (unpaired) electrons. The number of benzene rings is 2. The number of aromatic nitrogens is 2. The summed E-state index contributed by atoms with van der Waals surface area (Å²) in [5, 5.41) is 1.51. The first kappa shape index (κ1) is 21.4. The van der Waals surface area contributed by atoms with Crippen LogP contribution in [0.5, 0.6) is 0 Å². The molecule has 32 heavy (non-hydrogen) atoms. The largest absolute Gasteiger partial charge is 0.370 e. The maximum absolute atomic E-state index is 13.9. The summed E-state index contributed by atoms with van der Waals surface area (Å²) in [4.78, 5) is 20.9. The van der Waals surface area contributed by atoms with Crippen LogP contribution in [-0.2, 0) is 24.2 Å². The minimum atomic E-state index is -0.273. The van der Waals surface area contributed by atoms with Gasteiger partial charge in [-0.3, -0.25) is 9.36 Å². The second-order valence-electron chi connectivity index (χ2n) is 8.86. The van der Waals surface area contributed by atoms with Crippen LogP contribution < -0.4 is 5.56 Å². The quantitative estimate of drug-likeness (QED) is 0.272. The molecule has 3 heterocycles. The molecule has 2 aromatic carbocycles. The van der Waals surface area contributed by atoms with E-state index in [1.54, 1.807) is 27.7 Å². The van der Waals surface area contributed by atoms with Crippen LogP contribution in [0.15, 0.2) is 64.5 Å². The molecule has 0 bridgehead atoms. The average Bonchev–Trinajstić information content (AvgIpc) is 3.12. The number of thiophene rings is 1. The van der Waals surface area contributed by atoms with E-state index in [0.29, 0.717) is 6.61 Å². The Kier molecular flexibility index (Phi) is 5.70. The van der Waals surface area contributed by atoms with Gasteiger partial charge in [0.2, 0.25) is 0 Å². The molecule has 0 aliphatic carbocycles. The van der Waals surface area contributed by atoms with Crippen molar-refractivity contribution in [2.24, 2.45) is 0 Å². The summed E-state index contributed by atoms with van der Waals surface area (Å²) < 4.78 is 7.80. The van der Waals surface area contributed by atoms with Gasteiger partial charge in [-0.05, 0) is 50.5 Å². The second-order valence-corrected chi connectivity index (χ2v) is 11.0. The number of hydrogen-bond acceptors (Lipinski definition) is 5. The van der Waals surface area contributed by atoms with Gasteiger partial charge >= 0.3 is 0 Å². The minimum absolute atomic E-state index is 0.0243. The molecule has 6 heteroatoms. The fourth-order valence-electron chi connectivity index (χ4n) is 4.10. The van der Waals surface area contributed by atoms with Gasteiger partial charge in [-0.25, -0.2) is 4.98 Å². The first-order valence-electron chi connectivity index (χ1n) is 10.9. The van der Waals surface area contributed by atoms with Crippen LogP contribution >= 0.6 is 23.1 Å². The standard InChI is InChI=1S/C26H26N2O2S2/c1-17-9-11-19(12-10-17)28-24(29)22-20-15-26(2,3)30-16-21(20)32-23(22)27-25(28)31-14-13-18-7-5-4-6-8-18/h4-12H,13-16H2,1-3H3. The molecule has 0 unspecified atom stereocenters. The lowest BCUT2D eigenvalue weighted by Gasteiger charge is -2.29. The Balaban J connectivity index is 1.60. The maximum Gasteiger partial charge on any atom is 0.267 e. The lowest BCUT2D eigenvalue weighted by atomic mass is 9.94. The molecule has 0 atom stereocenters. The summed E-state index contributed by atoms with van der Waals surface area (Å²) in [6.07, 6.45) is 1.66. The highest BCUT2D eigenvalue weighted by Crippen LogP contribution is 2.38. The van der Waals surface area contributed by atoms with Crippen LogP contribution in [-0.4, -0.2) is 20.9 Å². The normalized spacial score (nSPS) is 15.1. The van der Waals surface area contributed by atoms with Gasteiger partial charge in [-0.1, -0.05) is 59.8 Å². The molecule has 1 aliphatic heterocycles. The fraction of sp³-hybridized carbons (Fsp3) is 0.308. The van der Waals surface area contributed by atoms with Gasteiger partial charge < -0.3 is 4.74 Å². The summed E-state index contributed by atoms with van der Waals surface area (Å²) in [6, 6.07) is 18.5. The van der Waals surface area contributed by atoms with E-state index in [1.165, 1.54) is 11.1 Å². The van der Waals surface area contributed by atoms with Crippen LogP contribution in [0.2, 0.25) is 0 Å². The minimum Gasteiger partial charge on any atom is -0.370 e. The molecule has 5 rings (SSSR count). The zero-order valence-corrected chi connectivity index (χ0v) is 20.2. The van der Waals surface area contributed by atoms with Crippen LogP contribution in [0.1, 0.15) is 35.4 Å². The van der Waals surface area contributed by atoms with Crippen molar-refractivity contribution in [2.75, 3.05) is 5.75 Å². The van der Waals surface area contributed by atoms with Gasteiger partial charge in [0.05, 0.1) is 23.3 Å². The molecule has 1 aliphatic rings. The van der Waals surface area contributed by atoms with E-state index in [2.05, 4.69) is 45.0 Å². The smallest absolute Gasteiger partial charge is 0.267 e. The Bertz CT molecular complexity index is 1320. The topological polar surface area (TPSA) is 44.1 Å². The molecule has 0 fully saturated rings. The van der Waals surface area contributed by atoms with E-state index in [9.17, 15) is 4.79 Å². The molecule has 4 nitrogen and oxygen atoms in total. The van der Waals surface area contributed by atoms with Crippen molar-refractivity contribution in [1.82, 2.24) is 9.55 Å². The molecule has 0 spiro atoms. The Morgan fingerprint density at radius 1 is 1.12 bits per heavy atom. The Morgan fingerprint density at radius 3 is 2.62 bits per heavy atom. The Morgan fingerprint density at radius 2 is 1.88 bits per heavy atom. The highest BCUT2D eigenvalue weighted by Gasteiger charge is 2.31. The summed E-state index contributed by atoms with van der Waals surface area (Å²) in [6.45, 7) is 6.77. The molecule has 4 aromatic rings. The van der Waals surface area contributed by atoms with Gasteiger partial charge in [-0.2, -0.15) is 0 Å². The third kappa shape index (κ3) is 4.15. The molecular formula is C26H26N2O2S2. The van der Waals surface area contributed by atoms with Gasteiger partial charge in [-0.15, -0.1) is 11.3 Å². The maximum atomic E-state index is 13.9. The van der Waals surface area contributed by atoms with Crippen LogP contribution in [0, 0.1) is 6.92 Å². The van der Waals surface area contributed by atoms with Crippen LogP contribution in [0.3, 0.4) is 0 Å². The second kappa shape index (κ2) is 8.50. The molecule has 0 saturated heterocycles.